The minimum absolute atomic E-state index is 1.26. The molecule has 0 aliphatic heterocycles. The summed E-state index contributed by atoms with van der Waals surface area (Å²) in [6.45, 7) is 25.7. The van der Waals surface area contributed by atoms with Gasteiger partial charge in [-0.2, -0.15) is 0 Å². The smallest absolute Gasteiger partial charge is 0.0193 e. The molecule has 1 heteroatoms. The van der Waals surface area contributed by atoms with Gasteiger partial charge in [0.15, 0.2) is 0 Å². The van der Waals surface area contributed by atoms with Crippen LogP contribution in [0, 0.1) is 20.8 Å². The average Bonchev–Trinajstić information content (AvgIpc) is 2.73. The summed E-state index contributed by atoms with van der Waals surface area (Å²) in [5.41, 5.74) is 5.24. The van der Waals surface area contributed by atoms with Crippen LogP contribution < -0.4 is 0 Å². The lowest BCUT2D eigenvalue weighted by molar-refractivity contribution is 1.17. The van der Waals surface area contributed by atoms with E-state index in [1.54, 1.807) is 6.08 Å². The Bertz CT molecular complexity index is 317. The number of hydrogen-bond donors (Lipinski definition) is 1. The fraction of sp³-hybridized carbons (Fsp3) is 0.579. The first-order valence-corrected chi connectivity index (χ1v) is 7.93. The summed E-state index contributed by atoms with van der Waals surface area (Å²) in [4.78, 5) is 3.31. The highest BCUT2D eigenvalue weighted by Crippen LogP contribution is 2.17. The van der Waals surface area contributed by atoms with Gasteiger partial charge in [-0.1, -0.05) is 59.8 Å². The molecule has 1 N–H and O–H groups in total. The maximum atomic E-state index is 3.36. The largest absolute Gasteiger partial charge is 0.362 e. The van der Waals surface area contributed by atoms with Gasteiger partial charge >= 0.3 is 0 Å². The van der Waals surface area contributed by atoms with Crippen molar-refractivity contribution in [3.8, 4) is 0 Å². The van der Waals surface area contributed by atoms with Crippen LogP contribution in [0.25, 0.3) is 6.08 Å². The standard InChI is InChI=1S/C10H15N.C3H6.3C2H6/c1-5-6-10-7(2)8(3)11-9(10)4;1-3-2;3*1-2/h5-6,11H,1-4H3;3H,1H2,2H3;3*1-2H3/b6-5-;;;;. The van der Waals surface area contributed by atoms with Crippen LogP contribution in [0.2, 0.25) is 0 Å². The molecule has 0 fully saturated rings. The molecule has 0 saturated heterocycles. The predicted octanol–water partition coefficient (Wildman–Crippen LogP) is 7.24. The first-order valence-electron chi connectivity index (χ1n) is 7.93. The van der Waals surface area contributed by atoms with Crippen molar-refractivity contribution >= 4 is 6.08 Å². The number of H-pyrrole nitrogens is 1. The quantitative estimate of drug-likeness (QED) is 0.522. The second-order valence-corrected chi connectivity index (χ2v) is 3.32. The molecule has 1 nitrogen and oxygen atoms in total. The number of allylic oxidation sites excluding steroid dienone is 2. The highest BCUT2D eigenvalue weighted by atomic mass is 14.7. The number of aryl methyl sites for hydroxylation is 2. The Balaban J connectivity index is -0.000000121. The lowest BCUT2D eigenvalue weighted by Gasteiger charge is -1.91. The lowest BCUT2D eigenvalue weighted by Crippen LogP contribution is -1.75. The molecule has 1 aromatic rings. The van der Waals surface area contributed by atoms with Crippen LogP contribution in [-0.4, -0.2) is 4.98 Å². The fourth-order valence-electron chi connectivity index (χ4n) is 1.34. The Morgan fingerprint density at radius 3 is 1.35 bits per heavy atom. The molecule has 0 unspecified atom stereocenters. The molecule has 0 aromatic carbocycles. The van der Waals surface area contributed by atoms with Crippen LogP contribution in [0.5, 0.6) is 0 Å². The highest BCUT2D eigenvalue weighted by molar-refractivity contribution is 5.57. The van der Waals surface area contributed by atoms with Crippen molar-refractivity contribution in [2.75, 3.05) is 0 Å². The average molecular weight is 282 g/mol. The van der Waals surface area contributed by atoms with Crippen LogP contribution in [-0.2, 0) is 0 Å². The zero-order valence-corrected chi connectivity index (χ0v) is 15.9. The minimum Gasteiger partial charge on any atom is -0.362 e. The van der Waals surface area contributed by atoms with Crippen LogP contribution >= 0.6 is 0 Å². The van der Waals surface area contributed by atoms with Crippen LogP contribution in [0.1, 0.15) is 77.9 Å². The lowest BCUT2D eigenvalue weighted by atomic mass is 10.1. The van der Waals surface area contributed by atoms with Crippen molar-refractivity contribution in [2.45, 2.75) is 76.2 Å². The van der Waals surface area contributed by atoms with Crippen molar-refractivity contribution in [1.82, 2.24) is 4.98 Å². The number of hydrogen-bond acceptors (Lipinski definition) is 0. The number of aromatic nitrogens is 1. The predicted molar refractivity (Wildman–Crippen MR) is 99.6 cm³/mol. The molecular weight excluding hydrogens is 242 g/mol. The van der Waals surface area contributed by atoms with Gasteiger partial charge in [0.1, 0.15) is 0 Å². The summed E-state index contributed by atoms with van der Waals surface area (Å²) in [5.74, 6) is 0. The summed E-state index contributed by atoms with van der Waals surface area (Å²) in [6, 6.07) is 0. The zero-order chi connectivity index (χ0) is 17.1. The first-order chi connectivity index (χ1) is 9.58. The number of rotatable bonds is 1. The van der Waals surface area contributed by atoms with Crippen molar-refractivity contribution in [1.29, 1.82) is 0 Å². The third kappa shape index (κ3) is 13.2. The molecule has 1 heterocycles. The number of nitrogens with one attached hydrogen (secondary N) is 1. The Morgan fingerprint density at radius 1 is 0.800 bits per heavy atom. The monoisotopic (exact) mass is 281 g/mol. The van der Waals surface area contributed by atoms with Crippen molar-refractivity contribution in [2.24, 2.45) is 0 Å². The van der Waals surface area contributed by atoms with Gasteiger partial charge in [-0.15, -0.1) is 6.58 Å². The van der Waals surface area contributed by atoms with Crippen molar-refractivity contribution < 1.29 is 0 Å². The second-order valence-electron chi connectivity index (χ2n) is 3.32. The van der Waals surface area contributed by atoms with Gasteiger partial charge in [0.25, 0.3) is 0 Å². The van der Waals surface area contributed by atoms with E-state index in [2.05, 4.69) is 44.5 Å². The van der Waals surface area contributed by atoms with Crippen LogP contribution in [0.15, 0.2) is 18.7 Å². The van der Waals surface area contributed by atoms with Gasteiger partial charge in [0.2, 0.25) is 0 Å². The normalized spacial score (nSPS) is 7.75. The molecule has 1 aromatic heterocycles. The maximum absolute atomic E-state index is 3.36. The maximum Gasteiger partial charge on any atom is 0.0193 e. The molecule has 0 spiro atoms. The molecular formula is C19H39N. The molecule has 0 amide bonds. The van der Waals surface area contributed by atoms with Crippen LogP contribution in [0.3, 0.4) is 0 Å². The third-order valence-corrected chi connectivity index (χ3v) is 2.08. The zero-order valence-electron chi connectivity index (χ0n) is 15.9. The van der Waals surface area contributed by atoms with E-state index >= 15 is 0 Å². The molecule has 0 aliphatic rings. The Labute approximate surface area is 129 Å². The van der Waals surface area contributed by atoms with Gasteiger partial charge in [0.05, 0.1) is 0 Å². The van der Waals surface area contributed by atoms with Gasteiger partial charge < -0.3 is 4.98 Å². The Kier molecular flexibility index (Phi) is 31.1. The molecule has 0 atom stereocenters. The van der Waals surface area contributed by atoms with Crippen molar-refractivity contribution in [3.63, 3.8) is 0 Å². The van der Waals surface area contributed by atoms with E-state index in [0.29, 0.717) is 0 Å². The summed E-state index contributed by atoms with van der Waals surface area (Å²) in [6.07, 6.45) is 5.97. The second kappa shape index (κ2) is 22.9. The molecule has 0 radical (unpaired) electrons. The Hall–Kier alpha value is -1.24. The van der Waals surface area contributed by atoms with Gasteiger partial charge in [-0.3, -0.25) is 0 Å². The summed E-state index contributed by atoms with van der Waals surface area (Å²) >= 11 is 0. The van der Waals surface area contributed by atoms with E-state index in [4.69, 9.17) is 0 Å². The molecule has 0 aliphatic carbocycles. The van der Waals surface area contributed by atoms with Crippen molar-refractivity contribution in [3.05, 3.63) is 41.2 Å². The molecule has 0 saturated carbocycles. The van der Waals surface area contributed by atoms with E-state index in [1.807, 2.05) is 55.4 Å². The van der Waals surface area contributed by atoms with E-state index in [9.17, 15) is 0 Å². The summed E-state index contributed by atoms with van der Waals surface area (Å²) < 4.78 is 0. The SMILES string of the molecule is C/C=C\c1c(C)[nH]c(C)c1C.C=CC.CC.CC.CC. The first kappa shape index (κ1) is 27.2. The molecule has 120 valence electrons. The van der Waals surface area contributed by atoms with E-state index in [1.165, 1.54) is 22.5 Å². The summed E-state index contributed by atoms with van der Waals surface area (Å²) in [5, 5.41) is 0. The topological polar surface area (TPSA) is 15.8 Å². The van der Waals surface area contributed by atoms with E-state index in [0.717, 1.165) is 0 Å². The summed E-state index contributed by atoms with van der Waals surface area (Å²) in [7, 11) is 0. The molecule has 1 rings (SSSR count). The minimum atomic E-state index is 1.26. The van der Waals surface area contributed by atoms with E-state index in [-0.39, 0.29) is 0 Å². The molecule has 20 heavy (non-hydrogen) atoms. The molecule has 0 bridgehead atoms. The third-order valence-electron chi connectivity index (χ3n) is 2.08. The Morgan fingerprint density at radius 2 is 1.15 bits per heavy atom. The van der Waals surface area contributed by atoms with Gasteiger partial charge in [-0.05, 0) is 45.7 Å². The van der Waals surface area contributed by atoms with Gasteiger partial charge in [0, 0.05) is 11.4 Å². The van der Waals surface area contributed by atoms with Crippen LogP contribution in [0.4, 0.5) is 0 Å². The van der Waals surface area contributed by atoms with E-state index < -0.39 is 0 Å². The number of aromatic amines is 1. The highest BCUT2D eigenvalue weighted by Gasteiger charge is 2.03. The fourth-order valence-corrected chi connectivity index (χ4v) is 1.34. The van der Waals surface area contributed by atoms with Gasteiger partial charge in [-0.25, -0.2) is 0 Å².